The highest BCUT2D eigenvalue weighted by Crippen LogP contribution is 2.30. The van der Waals surface area contributed by atoms with Gasteiger partial charge in [0.2, 0.25) is 0 Å². The van der Waals surface area contributed by atoms with Crippen molar-refractivity contribution < 1.29 is 19.7 Å². The highest BCUT2D eigenvalue weighted by Gasteiger charge is 2.42. The van der Waals surface area contributed by atoms with E-state index in [-0.39, 0.29) is 13.2 Å². The van der Waals surface area contributed by atoms with Crippen LogP contribution in [0.1, 0.15) is 45.4 Å². The van der Waals surface area contributed by atoms with E-state index in [9.17, 15) is 4.79 Å². The average molecular weight is 242 g/mol. The summed E-state index contributed by atoms with van der Waals surface area (Å²) in [4.78, 5) is 11.5. The Bertz CT molecular complexity index is 279. The van der Waals surface area contributed by atoms with Crippen molar-refractivity contribution in [3.05, 3.63) is 11.6 Å². The van der Waals surface area contributed by atoms with Crippen LogP contribution in [-0.4, -0.2) is 35.0 Å². The average Bonchev–Trinajstić information content (AvgIpc) is 2.67. The van der Waals surface area contributed by atoms with Gasteiger partial charge in [0.25, 0.3) is 0 Å². The number of rotatable bonds is 7. The fourth-order valence-corrected chi connectivity index (χ4v) is 1.95. The van der Waals surface area contributed by atoms with Crippen LogP contribution in [0.5, 0.6) is 0 Å². The van der Waals surface area contributed by atoms with E-state index < -0.39 is 11.6 Å². The molecular formula is C13H22O4. The molecule has 0 aliphatic carbocycles. The minimum atomic E-state index is -1.09. The van der Waals surface area contributed by atoms with Crippen LogP contribution in [0.4, 0.5) is 0 Å². The van der Waals surface area contributed by atoms with E-state index in [1.54, 1.807) is 0 Å². The van der Waals surface area contributed by atoms with Crippen molar-refractivity contribution in [3.63, 3.8) is 0 Å². The Hall–Kier alpha value is -0.870. The van der Waals surface area contributed by atoms with Crippen LogP contribution in [-0.2, 0) is 9.53 Å². The summed E-state index contributed by atoms with van der Waals surface area (Å²) in [6, 6.07) is 0. The molecule has 2 N–H and O–H groups in total. The van der Waals surface area contributed by atoms with E-state index >= 15 is 0 Å². The van der Waals surface area contributed by atoms with Gasteiger partial charge in [0.05, 0.1) is 13.2 Å². The van der Waals surface area contributed by atoms with E-state index in [0.717, 1.165) is 12.8 Å². The van der Waals surface area contributed by atoms with Crippen molar-refractivity contribution in [2.75, 3.05) is 13.2 Å². The number of unbranched alkanes of at least 4 members (excludes halogenated alkanes) is 4. The van der Waals surface area contributed by atoms with E-state index in [2.05, 4.69) is 6.92 Å². The number of cyclic esters (lactones) is 1. The van der Waals surface area contributed by atoms with E-state index in [0.29, 0.717) is 12.0 Å². The lowest BCUT2D eigenvalue weighted by atomic mass is 9.98. The zero-order chi connectivity index (χ0) is 12.7. The first-order chi connectivity index (χ1) is 8.17. The third-order valence-electron chi connectivity index (χ3n) is 3.11. The third kappa shape index (κ3) is 3.82. The molecule has 98 valence electrons. The molecule has 0 amide bonds. The third-order valence-corrected chi connectivity index (χ3v) is 3.11. The Morgan fingerprint density at radius 3 is 2.53 bits per heavy atom. The van der Waals surface area contributed by atoms with Crippen LogP contribution in [0.25, 0.3) is 0 Å². The van der Waals surface area contributed by atoms with E-state index in [4.69, 9.17) is 14.9 Å². The lowest BCUT2D eigenvalue weighted by molar-refractivity contribution is -0.154. The SMILES string of the molecule is CCCCCC/C=C1/CC(CO)(CO)OC1=O. The van der Waals surface area contributed by atoms with Gasteiger partial charge < -0.3 is 14.9 Å². The number of hydrogen-bond donors (Lipinski definition) is 2. The van der Waals surface area contributed by atoms with Gasteiger partial charge in [-0.25, -0.2) is 4.79 Å². The fraction of sp³-hybridized carbons (Fsp3) is 0.769. The van der Waals surface area contributed by atoms with E-state index in [1.165, 1.54) is 19.3 Å². The standard InChI is InChI=1S/C13H22O4/c1-2-3-4-5-6-7-11-8-13(9-14,10-15)17-12(11)16/h7,14-15H,2-6,8-10H2,1H3/b11-7-. The summed E-state index contributed by atoms with van der Waals surface area (Å²) in [6.07, 6.45) is 7.69. The zero-order valence-corrected chi connectivity index (χ0v) is 10.4. The topological polar surface area (TPSA) is 66.8 Å². The number of ether oxygens (including phenoxy) is 1. The highest BCUT2D eigenvalue weighted by molar-refractivity contribution is 5.91. The molecule has 0 bridgehead atoms. The Labute approximate surface area is 102 Å². The normalized spacial score (nSPS) is 20.9. The molecule has 1 aliphatic heterocycles. The number of aliphatic hydroxyl groups excluding tert-OH is 2. The molecule has 1 rings (SSSR count). The molecule has 0 atom stereocenters. The smallest absolute Gasteiger partial charge is 0.334 e. The number of allylic oxidation sites excluding steroid dienone is 1. The number of aliphatic hydroxyl groups is 2. The summed E-state index contributed by atoms with van der Waals surface area (Å²) in [6.45, 7) is 1.49. The van der Waals surface area contributed by atoms with Crippen LogP contribution < -0.4 is 0 Å². The van der Waals surface area contributed by atoms with Gasteiger partial charge in [-0.1, -0.05) is 32.3 Å². The maximum absolute atomic E-state index is 11.5. The van der Waals surface area contributed by atoms with Crippen LogP contribution in [0, 0.1) is 0 Å². The van der Waals surface area contributed by atoms with Gasteiger partial charge in [-0.3, -0.25) is 0 Å². The predicted octanol–water partition coefficient (Wildman–Crippen LogP) is 1.55. The molecule has 1 saturated heterocycles. The molecular weight excluding hydrogens is 220 g/mol. The largest absolute Gasteiger partial charge is 0.450 e. The molecule has 0 radical (unpaired) electrons. The van der Waals surface area contributed by atoms with Crippen LogP contribution >= 0.6 is 0 Å². The first kappa shape index (κ1) is 14.2. The lowest BCUT2D eigenvalue weighted by Gasteiger charge is -2.21. The Balaban J connectivity index is 2.44. The Morgan fingerprint density at radius 2 is 2.00 bits per heavy atom. The second-order valence-corrected chi connectivity index (χ2v) is 4.64. The summed E-state index contributed by atoms with van der Waals surface area (Å²) >= 11 is 0. The Morgan fingerprint density at radius 1 is 1.29 bits per heavy atom. The van der Waals surface area contributed by atoms with Gasteiger partial charge in [0.1, 0.15) is 0 Å². The van der Waals surface area contributed by atoms with Crippen LogP contribution in [0.15, 0.2) is 11.6 Å². The first-order valence-electron chi connectivity index (χ1n) is 6.31. The number of carbonyl (C=O) groups excluding carboxylic acids is 1. The quantitative estimate of drug-likeness (QED) is 0.404. The molecule has 1 fully saturated rings. The second kappa shape index (κ2) is 6.77. The molecule has 0 aromatic rings. The second-order valence-electron chi connectivity index (χ2n) is 4.64. The summed E-state index contributed by atoms with van der Waals surface area (Å²) < 4.78 is 5.03. The molecule has 17 heavy (non-hydrogen) atoms. The Kier molecular flexibility index (Phi) is 5.65. The zero-order valence-electron chi connectivity index (χ0n) is 10.4. The molecule has 0 spiro atoms. The predicted molar refractivity (Wildman–Crippen MR) is 64.5 cm³/mol. The first-order valence-corrected chi connectivity index (χ1v) is 6.31. The van der Waals surface area contributed by atoms with Crippen molar-refractivity contribution in [3.8, 4) is 0 Å². The molecule has 1 heterocycles. The molecule has 0 aromatic carbocycles. The number of esters is 1. The van der Waals surface area contributed by atoms with Crippen molar-refractivity contribution >= 4 is 5.97 Å². The van der Waals surface area contributed by atoms with Crippen molar-refractivity contribution in [1.29, 1.82) is 0 Å². The van der Waals surface area contributed by atoms with Crippen LogP contribution in [0.3, 0.4) is 0 Å². The number of carbonyl (C=O) groups is 1. The van der Waals surface area contributed by atoms with Crippen molar-refractivity contribution in [2.45, 2.75) is 51.0 Å². The van der Waals surface area contributed by atoms with Gasteiger partial charge in [0.15, 0.2) is 5.60 Å². The van der Waals surface area contributed by atoms with Crippen molar-refractivity contribution in [1.82, 2.24) is 0 Å². The molecule has 0 aromatic heterocycles. The molecule has 0 saturated carbocycles. The van der Waals surface area contributed by atoms with Gasteiger partial charge >= 0.3 is 5.97 Å². The monoisotopic (exact) mass is 242 g/mol. The van der Waals surface area contributed by atoms with Crippen LogP contribution in [0.2, 0.25) is 0 Å². The maximum Gasteiger partial charge on any atom is 0.334 e. The highest BCUT2D eigenvalue weighted by atomic mass is 16.6. The minimum Gasteiger partial charge on any atom is -0.450 e. The molecule has 1 aliphatic rings. The molecule has 0 unspecified atom stereocenters. The van der Waals surface area contributed by atoms with E-state index in [1.807, 2.05) is 6.08 Å². The van der Waals surface area contributed by atoms with Gasteiger partial charge in [-0.15, -0.1) is 0 Å². The molecule has 4 heteroatoms. The summed E-state index contributed by atoms with van der Waals surface area (Å²) in [5.41, 5.74) is -0.503. The molecule has 4 nitrogen and oxygen atoms in total. The van der Waals surface area contributed by atoms with Crippen molar-refractivity contribution in [2.24, 2.45) is 0 Å². The number of hydrogen-bond acceptors (Lipinski definition) is 4. The maximum atomic E-state index is 11.5. The fourth-order valence-electron chi connectivity index (χ4n) is 1.95. The van der Waals surface area contributed by atoms with Gasteiger partial charge in [0, 0.05) is 12.0 Å². The van der Waals surface area contributed by atoms with Gasteiger partial charge in [-0.05, 0) is 12.8 Å². The summed E-state index contributed by atoms with van der Waals surface area (Å²) in [5, 5.41) is 18.3. The summed E-state index contributed by atoms with van der Waals surface area (Å²) in [5.74, 6) is -0.399. The van der Waals surface area contributed by atoms with Gasteiger partial charge in [-0.2, -0.15) is 0 Å². The minimum absolute atomic E-state index is 0.312. The summed E-state index contributed by atoms with van der Waals surface area (Å²) in [7, 11) is 0. The lowest BCUT2D eigenvalue weighted by Crippen LogP contribution is -2.37.